The second kappa shape index (κ2) is 8.41. The number of anilines is 2. The molecule has 0 aliphatic carbocycles. The second-order valence-corrected chi connectivity index (χ2v) is 6.42. The zero-order valence-electron chi connectivity index (χ0n) is 14.2. The molecule has 0 saturated carbocycles. The van der Waals surface area contributed by atoms with Gasteiger partial charge in [0.05, 0.1) is 11.3 Å². The number of nitrogens with zero attached hydrogens (tertiary/aromatic N) is 3. The van der Waals surface area contributed by atoms with Crippen LogP contribution in [0.5, 0.6) is 0 Å². The van der Waals surface area contributed by atoms with Crippen molar-refractivity contribution < 1.29 is 4.79 Å². The van der Waals surface area contributed by atoms with Gasteiger partial charge >= 0.3 is 0 Å². The smallest absolute Gasteiger partial charge is 0.257 e. The van der Waals surface area contributed by atoms with Crippen LogP contribution in [-0.4, -0.2) is 29.1 Å². The number of piperidine rings is 1. The van der Waals surface area contributed by atoms with Crippen LogP contribution in [0.3, 0.4) is 0 Å². The van der Waals surface area contributed by atoms with E-state index in [0.717, 1.165) is 31.6 Å². The molecule has 26 heavy (non-hydrogen) atoms. The van der Waals surface area contributed by atoms with Crippen LogP contribution < -0.4 is 15.5 Å². The Hall–Kier alpha value is -2.98. The maximum Gasteiger partial charge on any atom is 0.257 e. The summed E-state index contributed by atoms with van der Waals surface area (Å²) in [5, 5.41) is 15.1. The quantitative estimate of drug-likeness (QED) is 0.814. The number of nitriles is 1. The van der Waals surface area contributed by atoms with Crippen LogP contribution in [0.1, 0.15) is 35.2 Å². The molecule has 2 heterocycles. The molecule has 0 spiro atoms. The second-order valence-electron chi connectivity index (χ2n) is 6.01. The Morgan fingerprint density at radius 1 is 1.19 bits per heavy atom. The summed E-state index contributed by atoms with van der Waals surface area (Å²) in [6.07, 6.45) is 5.10. The topological polar surface area (TPSA) is 81.0 Å². The number of amides is 1. The number of pyridine rings is 1. The molecule has 1 amide bonds. The van der Waals surface area contributed by atoms with E-state index >= 15 is 0 Å². The van der Waals surface area contributed by atoms with Crippen LogP contribution in [0.4, 0.5) is 11.5 Å². The first kappa shape index (κ1) is 17.8. The standard InChI is InChI=1S/C19H19N5OS/c20-13-15-12-14(7-8-16(15)24-10-4-1-5-11-24)18(25)23-19(26)22-17-6-2-3-9-21-17/h2-3,6-9,12H,1,4-5,10-11H2,(H2,21,22,23,25,26). The summed E-state index contributed by atoms with van der Waals surface area (Å²) in [5.41, 5.74) is 1.79. The molecule has 1 aliphatic heterocycles. The minimum atomic E-state index is -0.361. The largest absolute Gasteiger partial charge is 0.370 e. The zero-order chi connectivity index (χ0) is 18.4. The molecule has 1 aromatic carbocycles. The van der Waals surface area contributed by atoms with Crippen LogP contribution in [0.2, 0.25) is 0 Å². The molecule has 6 nitrogen and oxygen atoms in total. The highest BCUT2D eigenvalue weighted by molar-refractivity contribution is 7.80. The van der Waals surface area contributed by atoms with E-state index < -0.39 is 0 Å². The van der Waals surface area contributed by atoms with Gasteiger partial charge < -0.3 is 10.2 Å². The fourth-order valence-corrected chi connectivity index (χ4v) is 3.13. The van der Waals surface area contributed by atoms with Gasteiger partial charge in [0, 0.05) is 24.8 Å². The van der Waals surface area contributed by atoms with Crippen molar-refractivity contribution >= 4 is 34.7 Å². The molecule has 0 radical (unpaired) electrons. The lowest BCUT2D eigenvalue weighted by molar-refractivity contribution is 0.0977. The Kier molecular flexibility index (Phi) is 5.77. The Bertz CT molecular complexity index is 841. The lowest BCUT2D eigenvalue weighted by atomic mass is 10.0. The molecule has 0 bridgehead atoms. The third-order valence-corrected chi connectivity index (χ3v) is 4.41. The molecule has 2 N–H and O–H groups in total. The summed E-state index contributed by atoms with van der Waals surface area (Å²) >= 11 is 5.15. The first-order valence-corrected chi connectivity index (χ1v) is 8.90. The highest BCUT2D eigenvalue weighted by atomic mass is 32.1. The van der Waals surface area contributed by atoms with E-state index in [1.165, 1.54) is 6.42 Å². The molecule has 1 aliphatic rings. The van der Waals surface area contributed by atoms with Gasteiger partial charge in [0.25, 0.3) is 5.91 Å². The molecular formula is C19H19N5OS. The van der Waals surface area contributed by atoms with Crippen molar-refractivity contribution in [3.63, 3.8) is 0 Å². The Morgan fingerprint density at radius 2 is 2.00 bits per heavy atom. The van der Waals surface area contributed by atoms with Gasteiger partial charge in [-0.15, -0.1) is 0 Å². The molecule has 2 aromatic rings. The number of nitrogens with one attached hydrogen (secondary N) is 2. The third kappa shape index (κ3) is 4.35. The predicted octanol–water partition coefficient (Wildman–Crippen LogP) is 3.07. The molecular weight excluding hydrogens is 346 g/mol. The SMILES string of the molecule is N#Cc1cc(C(=O)NC(=S)Nc2ccccn2)ccc1N1CCCCC1. The van der Waals surface area contributed by atoms with Crippen molar-refractivity contribution in [2.24, 2.45) is 0 Å². The predicted molar refractivity (Wildman–Crippen MR) is 105 cm³/mol. The van der Waals surface area contributed by atoms with Gasteiger partial charge in [-0.05, 0) is 61.8 Å². The number of hydrogen-bond donors (Lipinski definition) is 2. The highest BCUT2D eigenvalue weighted by Gasteiger charge is 2.17. The summed E-state index contributed by atoms with van der Waals surface area (Å²) in [5.74, 6) is 0.191. The summed E-state index contributed by atoms with van der Waals surface area (Å²) in [7, 11) is 0. The summed E-state index contributed by atoms with van der Waals surface area (Å²) in [6, 6.07) is 12.7. The van der Waals surface area contributed by atoms with Gasteiger partial charge in [-0.25, -0.2) is 4.98 Å². The maximum atomic E-state index is 12.4. The molecule has 7 heteroatoms. The number of benzene rings is 1. The molecule has 3 rings (SSSR count). The van der Waals surface area contributed by atoms with Crippen molar-refractivity contribution in [1.82, 2.24) is 10.3 Å². The number of carbonyl (C=O) groups is 1. The van der Waals surface area contributed by atoms with Crippen LogP contribution in [0.15, 0.2) is 42.6 Å². The van der Waals surface area contributed by atoms with E-state index in [4.69, 9.17) is 12.2 Å². The lowest BCUT2D eigenvalue weighted by Crippen LogP contribution is -2.34. The first-order chi connectivity index (χ1) is 12.7. The van der Waals surface area contributed by atoms with Crippen molar-refractivity contribution in [3.8, 4) is 6.07 Å². The van der Waals surface area contributed by atoms with Crippen LogP contribution in [-0.2, 0) is 0 Å². The molecule has 1 fully saturated rings. The Morgan fingerprint density at radius 3 is 2.69 bits per heavy atom. The molecule has 132 valence electrons. The van der Waals surface area contributed by atoms with E-state index in [-0.39, 0.29) is 11.0 Å². The van der Waals surface area contributed by atoms with E-state index in [9.17, 15) is 10.1 Å². The van der Waals surface area contributed by atoms with Crippen molar-refractivity contribution in [2.45, 2.75) is 19.3 Å². The maximum absolute atomic E-state index is 12.4. The van der Waals surface area contributed by atoms with E-state index in [2.05, 4.69) is 26.6 Å². The number of carbonyl (C=O) groups excluding carboxylic acids is 1. The van der Waals surface area contributed by atoms with Gasteiger partial charge in [0.2, 0.25) is 0 Å². The van der Waals surface area contributed by atoms with Gasteiger partial charge in [-0.1, -0.05) is 6.07 Å². The number of rotatable bonds is 3. The minimum Gasteiger partial charge on any atom is -0.370 e. The monoisotopic (exact) mass is 365 g/mol. The first-order valence-electron chi connectivity index (χ1n) is 8.50. The van der Waals surface area contributed by atoms with Crippen molar-refractivity contribution in [3.05, 3.63) is 53.7 Å². The van der Waals surface area contributed by atoms with Crippen LogP contribution in [0.25, 0.3) is 0 Å². The van der Waals surface area contributed by atoms with E-state index in [1.807, 2.05) is 12.1 Å². The summed E-state index contributed by atoms with van der Waals surface area (Å²) in [6.45, 7) is 1.89. The Balaban J connectivity index is 1.69. The van der Waals surface area contributed by atoms with E-state index in [0.29, 0.717) is 16.9 Å². The molecule has 0 unspecified atom stereocenters. The highest BCUT2D eigenvalue weighted by Crippen LogP contribution is 2.24. The normalized spacial score (nSPS) is 13.6. The van der Waals surface area contributed by atoms with Crippen LogP contribution >= 0.6 is 12.2 Å². The number of thiocarbonyl (C=S) groups is 1. The van der Waals surface area contributed by atoms with Gasteiger partial charge in [0.1, 0.15) is 11.9 Å². The van der Waals surface area contributed by atoms with E-state index in [1.54, 1.807) is 30.5 Å². The fraction of sp³-hybridized carbons (Fsp3) is 0.263. The average Bonchev–Trinajstić information content (AvgIpc) is 2.68. The third-order valence-electron chi connectivity index (χ3n) is 4.21. The van der Waals surface area contributed by atoms with Gasteiger partial charge in [-0.2, -0.15) is 5.26 Å². The molecule has 0 atom stereocenters. The van der Waals surface area contributed by atoms with Crippen molar-refractivity contribution in [2.75, 3.05) is 23.3 Å². The average molecular weight is 365 g/mol. The molecule has 1 aromatic heterocycles. The van der Waals surface area contributed by atoms with Crippen LogP contribution in [0, 0.1) is 11.3 Å². The van der Waals surface area contributed by atoms with Crippen molar-refractivity contribution in [1.29, 1.82) is 5.26 Å². The molecule has 1 saturated heterocycles. The number of hydrogen-bond acceptors (Lipinski definition) is 5. The van der Waals surface area contributed by atoms with Gasteiger partial charge in [0.15, 0.2) is 5.11 Å². The van der Waals surface area contributed by atoms with Gasteiger partial charge in [-0.3, -0.25) is 10.1 Å². The minimum absolute atomic E-state index is 0.160. The number of aromatic nitrogens is 1. The zero-order valence-corrected chi connectivity index (χ0v) is 15.1. The summed E-state index contributed by atoms with van der Waals surface area (Å²) < 4.78 is 0. The Labute approximate surface area is 157 Å². The summed E-state index contributed by atoms with van der Waals surface area (Å²) in [4.78, 5) is 18.7. The lowest BCUT2D eigenvalue weighted by Gasteiger charge is -2.29. The fourth-order valence-electron chi connectivity index (χ4n) is 2.94.